The van der Waals surface area contributed by atoms with E-state index < -0.39 is 11.6 Å². The molecule has 0 bridgehead atoms. The van der Waals surface area contributed by atoms with Gasteiger partial charge in [0.05, 0.1) is 11.7 Å². The summed E-state index contributed by atoms with van der Waals surface area (Å²) in [6, 6.07) is 4.66. The fourth-order valence-corrected chi connectivity index (χ4v) is 0.755. The summed E-state index contributed by atoms with van der Waals surface area (Å²) in [6.07, 6.45) is 1.41. The van der Waals surface area contributed by atoms with Crippen LogP contribution < -0.4 is 34.7 Å². The van der Waals surface area contributed by atoms with Crippen LogP contribution in [0, 0.1) is 0 Å². The molecule has 0 amide bonds. The SMILES string of the molecule is CC(O)(C(=O)[O-])c1ccccn1.[Na+]. The second-order valence-corrected chi connectivity index (χ2v) is 2.57. The maximum absolute atomic E-state index is 10.4. The molecule has 5 heteroatoms. The van der Waals surface area contributed by atoms with Crippen LogP contribution in [0.25, 0.3) is 0 Å². The third-order valence-corrected chi connectivity index (χ3v) is 1.56. The predicted molar refractivity (Wildman–Crippen MR) is 38.8 cm³/mol. The van der Waals surface area contributed by atoms with Gasteiger partial charge in [-0.15, -0.1) is 0 Å². The fraction of sp³-hybridized carbons (Fsp3) is 0.250. The molecule has 0 aliphatic heterocycles. The van der Waals surface area contributed by atoms with Crippen molar-refractivity contribution < 1.29 is 44.6 Å². The summed E-state index contributed by atoms with van der Waals surface area (Å²) < 4.78 is 0. The fourth-order valence-electron chi connectivity index (χ4n) is 0.755. The minimum absolute atomic E-state index is 0. The van der Waals surface area contributed by atoms with E-state index in [9.17, 15) is 15.0 Å². The van der Waals surface area contributed by atoms with E-state index in [2.05, 4.69) is 4.98 Å². The van der Waals surface area contributed by atoms with Crippen molar-refractivity contribution in [2.75, 3.05) is 0 Å². The number of aliphatic carboxylic acids is 1. The molecule has 1 rings (SSSR count). The number of hydrogen-bond acceptors (Lipinski definition) is 4. The minimum atomic E-state index is -2.01. The summed E-state index contributed by atoms with van der Waals surface area (Å²) in [7, 11) is 0. The van der Waals surface area contributed by atoms with Gasteiger partial charge < -0.3 is 15.0 Å². The molecule has 4 nitrogen and oxygen atoms in total. The van der Waals surface area contributed by atoms with Crippen molar-refractivity contribution in [2.24, 2.45) is 0 Å². The number of rotatable bonds is 2. The summed E-state index contributed by atoms with van der Waals surface area (Å²) in [4.78, 5) is 14.1. The van der Waals surface area contributed by atoms with E-state index in [1.807, 2.05) is 0 Å². The van der Waals surface area contributed by atoms with E-state index in [-0.39, 0.29) is 35.3 Å². The Kier molecular flexibility index (Phi) is 4.56. The van der Waals surface area contributed by atoms with Gasteiger partial charge in [-0.1, -0.05) is 6.07 Å². The van der Waals surface area contributed by atoms with Gasteiger partial charge in [-0.05, 0) is 19.1 Å². The molecule has 0 aromatic carbocycles. The molecule has 1 heterocycles. The number of carboxylic acid groups (broad SMARTS) is 1. The minimum Gasteiger partial charge on any atom is -0.547 e. The Morgan fingerprint density at radius 3 is 2.62 bits per heavy atom. The molecule has 0 radical (unpaired) electrons. The topological polar surface area (TPSA) is 73.2 Å². The molecule has 1 N–H and O–H groups in total. The van der Waals surface area contributed by atoms with Crippen molar-refractivity contribution in [3.63, 3.8) is 0 Å². The smallest absolute Gasteiger partial charge is 0.547 e. The van der Waals surface area contributed by atoms with Crippen molar-refractivity contribution >= 4 is 5.97 Å². The van der Waals surface area contributed by atoms with Crippen LogP contribution in [0.4, 0.5) is 0 Å². The summed E-state index contributed by atoms with van der Waals surface area (Å²) in [5, 5.41) is 19.8. The summed E-state index contributed by atoms with van der Waals surface area (Å²) in [5.41, 5.74) is -1.94. The van der Waals surface area contributed by atoms with Crippen molar-refractivity contribution in [2.45, 2.75) is 12.5 Å². The van der Waals surface area contributed by atoms with Crippen LogP contribution in [-0.4, -0.2) is 16.1 Å². The van der Waals surface area contributed by atoms with E-state index in [0.29, 0.717) is 0 Å². The second-order valence-electron chi connectivity index (χ2n) is 2.57. The first-order valence-electron chi connectivity index (χ1n) is 3.40. The molecule has 0 aliphatic carbocycles. The monoisotopic (exact) mass is 189 g/mol. The molecule has 0 saturated heterocycles. The molecule has 1 unspecified atom stereocenters. The van der Waals surface area contributed by atoms with Gasteiger partial charge in [-0.2, -0.15) is 0 Å². The zero-order chi connectivity index (χ0) is 9.19. The average Bonchev–Trinajstić information content (AvgIpc) is 2.06. The number of carbonyl (C=O) groups excluding carboxylic acids is 1. The number of carboxylic acids is 1. The number of aromatic nitrogens is 1. The molecule has 1 aromatic rings. The Bertz CT molecular complexity index is 287. The standard InChI is InChI=1S/C8H9NO3.Na/c1-8(12,7(10)11)6-4-2-3-5-9-6;/h2-5,12H,1H3,(H,10,11);/q;+1/p-1. The molecule has 0 saturated carbocycles. The van der Waals surface area contributed by atoms with E-state index in [1.165, 1.54) is 12.3 Å². The van der Waals surface area contributed by atoms with E-state index in [1.54, 1.807) is 12.1 Å². The Morgan fingerprint density at radius 2 is 2.23 bits per heavy atom. The van der Waals surface area contributed by atoms with Crippen LogP contribution in [0.3, 0.4) is 0 Å². The number of carbonyl (C=O) groups is 1. The zero-order valence-corrected chi connectivity index (χ0v) is 9.52. The zero-order valence-electron chi connectivity index (χ0n) is 7.52. The molecule has 64 valence electrons. The summed E-state index contributed by atoms with van der Waals surface area (Å²) in [6.45, 7) is 1.13. The molecule has 0 aliphatic rings. The van der Waals surface area contributed by atoms with Gasteiger partial charge in [0.2, 0.25) is 0 Å². The number of nitrogens with zero attached hydrogens (tertiary/aromatic N) is 1. The van der Waals surface area contributed by atoms with Gasteiger partial charge in [0.1, 0.15) is 5.60 Å². The van der Waals surface area contributed by atoms with Gasteiger partial charge in [0, 0.05) is 6.20 Å². The van der Waals surface area contributed by atoms with Crippen LogP contribution in [0.15, 0.2) is 24.4 Å². The summed E-state index contributed by atoms with van der Waals surface area (Å²) in [5.74, 6) is -1.55. The first-order chi connectivity index (χ1) is 5.55. The third kappa shape index (κ3) is 2.77. The van der Waals surface area contributed by atoms with E-state index >= 15 is 0 Å². The molecule has 0 spiro atoms. The number of aliphatic hydroxyl groups is 1. The largest absolute Gasteiger partial charge is 1.00 e. The normalized spacial score (nSPS) is 14.0. The van der Waals surface area contributed by atoms with Crippen LogP contribution in [-0.2, 0) is 10.4 Å². The second kappa shape index (κ2) is 4.72. The van der Waals surface area contributed by atoms with Crippen LogP contribution in [0.1, 0.15) is 12.6 Å². The van der Waals surface area contributed by atoms with Crippen LogP contribution >= 0.6 is 0 Å². The molecular weight excluding hydrogens is 181 g/mol. The Hall–Kier alpha value is -0.420. The van der Waals surface area contributed by atoms with Gasteiger partial charge in [-0.25, -0.2) is 0 Å². The van der Waals surface area contributed by atoms with Crippen LogP contribution in [0.5, 0.6) is 0 Å². The Labute approximate surface area is 97.9 Å². The van der Waals surface area contributed by atoms with Crippen molar-refractivity contribution in [3.05, 3.63) is 30.1 Å². The van der Waals surface area contributed by atoms with Crippen molar-refractivity contribution in [1.29, 1.82) is 0 Å². The van der Waals surface area contributed by atoms with Gasteiger partial charge >= 0.3 is 29.6 Å². The Balaban J connectivity index is 0.00000144. The van der Waals surface area contributed by atoms with Crippen LogP contribution in [0.2, 0.25) is 0 Å². The maximum Gasteiger partial charge on any atom is 1.00 e. The quantitative estimate of drug-likeness (QED) is 0.482. The molecule has 13 heavy (non-hydrogen) atoms. The Morgan fingerprint density at radius 1 is 1.62 bits per heavy atom. The molecule has 1 atom stereocenters. The van der Waals surface area contributed by atoms with Gasteiger partial charge in [0.15, 0.2) is 0 Å². The van der Waals surface area contributed by atoms with Gasteiger partial charge in [-0.3, -0.25) is 4.98 Å². The third-order valence-electron chi connectivity index (χ3n) is 1.56. The predicted octanol–water partition coefficient (Wildman–Crippen LogP) is -3.96. The van der Waals surface area contributed by atoms with Gasteiger partial charge in [0.25, 0.3) is 0 Å². The average molecular weight is 189 g/mol. The van der Waals surface area contributed by atoms with E-state index in [4.69, 9.17) is 0 Å². The number of hydrogen-bond donors (Lipinski definition) is 1. The van der Waals surface area contributed by atoms with E-state index in [0.717, 1.165) is 6.92 Å². The number of pyridine rings is 1. The van der Waals surface area contributed by atoms with Crippen molar-refractivity contribution in [3.8, 4) is 0 Å². The molecule has 1 aromatic heterocycles. The first kappa shape index (κ1) is 12.6. The summed E-state index contributed by atoms with van der Waals surface area (Å²) >= 11 is 0. The molecule has 0 fully saturated rings. The molecular formula is C8H8NNaO3. The maximum atomic E-state index is 10.4. The first-order valence-corrected chi connectivity index (χ1v) is 3.40. The van der Waals surface area contributed by atoms with Crippen molar-refractivity contribution in [1.82, 2.24) is 4.98 Å².